The Morgan fingerprint density at radius 3 is 2.33 bits per heavy atom. The molecule has 12 heteroatoms. The van der Waals surface area contributed by atoms with Crippen LogP contribution in [0.4, 0.5) is 13.2 Å². The molecule has 1 aliphatic carbocycles. The van der Waals surface area contributed by atoms with E-state index < -0.39 is 74.7 Å². The van der Waals surface area contributed by atoms with E-state index in [0.717, 1.165) is 10.6 Å². The van der Waals surface area contributed by atoms with Crippen molar-refractivity contribution in [1.29, 1.82) is 5.26 Å². The lowest BCUT2D eigenvalue weighted by Crippen LogP contribution is -2.51. The van der Waals surface area contributed by atoms with Crippen LogP contribution >= 0.6 is 0 Å². The Kier molecular flexibility index (Phi) is 4.85. The number of nitriles is 1. The van der Waals surface area contributed by atoms with Gasteiger partial charge in [-0.1, -0.05) is 13.8 Å². The topological polar surface area (TPSA) is 131 Å². The molecule has 6 rings (SSSR count). The number of carbonyl (C=O) groups excluding carboxylic acids is 2. The van der Waals surface area contributed by atoms with E-state index >= 15 is 0 Å². The molecule has 4 heterocycles. The smallest absolute Gasteiger partial charge is 0.417 e. The molecule has 3 fully saturated rings. The third-order valence-electron chi connectivity index (χ3n) is 10.1. The van der Waals surface area contributed by atoms with Crippen LogP contribution in [0.2, 0.25) is 0 Å². The number of hydrogen-bond acceptors (Lipinski definition) is 8. The van der Waals surface area contributed by atoms with E-state index in [4.69, 9.17) is 19.5 Å². The van der Waals surface area contributed by atoms with Crippen molar-refractivity contribution in [2.24, 2.45) is 10.8 Å². The summed E-state index contributed by atoms with van der Waals surface area (Å²) in [5, 5.41) is 31.6. The van der Waals surface area contributed by atoms with E-state index in [9.17, 15) is 33.0 Å². The van der Waals surface area contributed by atoms with E-state index in [1.165, 1.54) is 12.1 Å². The Morgan fingerprint density at radius 1 is 1.12 bits per heavy atom. The summed E-state index contributed by atoms with van der Waals surface area (Å²) in [4.78, 5) is 26.3. The van der Waals surface area contributed by atoms with Gasteiger partial charge in [0.25, 0.3) is 0 Å². The molecular weight excluding hydrogens is 533 g/mol. The van der Waals surface area contributed by atoms with Crippen LogP contribution in [0.25, 0.3) is 5.69 Å². The SMILES string of the molecule is CC12O[C@](C)(C[C@@H]1OC(=O)[C@@]13CC[C@](C)(C(=O)O1)C3(C)C)c1c2c(O)n(-c2ccc(C#N)c(C(F)(F)F)c2)c1O. The number of aromatic hydroxyl groups is 2. The first-order valence-corrected chi connectivity index (χ1v) is 12.8. The first kappa shape index (κ1) is 26.5. The summed E-state index contributed by atoms with van der Waals surface area (Å²) in [6.07, 6.45) is -5.01. The average molecular weight is 561 g/mol. The second-order valence-corrected chi connectivity index (χ2v) is 12.3. The summed E-state index contributed by atoms with van der Waals surface area (Å²) < 4.78 is 59.6. The number of aromatic nitrogens is 1. The van der Waals surface area contributed by atoms with Crippen LogP contribution in [0.1, 0.15) is 76.1 Å². The fourth-order valence-electron chi connectivity index (χ4n) is 7.34. The number of rotatable bonds is 3. The molecule has 1 unspecified atom stereocenters. The summed E-state index contributed by atoms with van der Waals surface area (Å²) in [7, 11) is 0. The number of alkyl halides is 3. The fourth-order valence-corrected chi connectivity index (χ4v) is 7.34. The first-order valence-electron chi connectivity index (χ1n) is 12.8. The molecule has 212 valence electrons. The summed E-state index contributed by atoms with van der Waals surface area (Å²) in [5.74, 6) is -2.32. The molecule has 5 atom stereocenters. The molecular formula is C28H27F3N2O7. The maximum atomic E-state index is 13.7. The molecule has 4 bridgehead atoms. The highest BCUT2D eigenvalue weighted by molar-refractivity contribution is 5.93. The van der Waals surface area contributed by atoms with Crippen LogP contribution in [0.3, 0.4) is 0 Å². The summed E-state index contributed by atoms with van der Waals surface area (Å²) in [6.45, 7) is 8.54. The highest BCUT2D eigenvalue weighted by Gasteiger charge is 2.77. The zero-order valence-corrected chi connectivity index (χ0v) is 22.4. The minimum Gasteiger partial charge on any atom is -0.494 e. The van der Waals surface area contributed by atoms with Crippen molar-refractivity contribution >= 4 is 11.9 Å². The Labute approximate surface area is 227 Å². The van der Waals surface area contributed by atoms with Crippen molar-refractivity contribution in [3.63, 3.8) is 0 Å². The van der Waals surface area contributed by atoms with Crippen molar-refractivity contribution in [3.8, 4) is 23.5 Å². The van der Waals surface area contributed by atoms with Crippen LogP contribution in [-0.2, 0) is 41.2 Å². The van der Waals surface area contributed by atoms with Crippen LogP contribution in [0.15, 0.2) is 18.2 Å². The third kappa shape index (κ3) is 2.81. The van der Waals surface area contributed by atoms with Gasteiger partial charge in [0, 0.05) is 11.8 Å². The molecule has 1 saturated carbocycles. The van der Waals surface area contributed by atoms with Crippen molar-refractivity contribution < 1.29 is 47.2 Å². The Morgan fingerprint density at radius 2 is 1.77 bits per heavy atom. The predicted octanol–water partition coefficient (Wildman–Crippen LogP) is 4.68. The van der Waals surface area contributed by atoms with Gasteiger partial charge in [0.15, 0.2) is 0 Å². The number of ether oxygens (including phenoxy) is 3. The zero-order valence-electron chi connectivity index (χ0n) is 22.4. The number of benzene rings is 1. The fraction of sp³-hybridized carbons (Fsp3) is 0.536. The van der Waals surface area contributed by atoms with E-state index in [1.54, 1.807) is 34.6 Å². The summed E-state index contributed by atoms with van der Waals surface area (Å²) in [5.41, 5.74) is -7.74. The minimum absolute atomic E-state index is 0.0716. The zero-order chi connectivity index (χ0) is 29.4. The average Bonchev–Trinajstić information content (AvgIpc) is 3.49. The summed E-state index contributed by atoms with van der Waals surface area (Å²) in [6, 6.07) is 4.31. The van der Waals surface area contributed by atoms with Gasteiger partial charge in [-0.05, 0) is 51.8 Å². The molecule has 2 N–H and O–H groups in total. The molecule has 2 aromatic rings. The van der Waals surface area contributed by atoms with E-state index in [1.807, 2.05) is 0 Å². The molecule has 0 radical (unpaired) electrons. The first-order chi connectivity index (χ1) is 18.4. The number of nitrogens with zero attached hydrogens (tertiary/aromatic N) is 2. The monoisotopic (exact) mass is 560 g/mol. The predicted molar refractivity (Wildman–Crippen MR) is 129 cm³/mol. The van der Waals surface area contributed by atoms with Crippen LogP contribution < -0.4 is 0 Å². The molecule has 2 saturated heterocycles. The maximum absolute atomic E-state index is 13.7. The standard InChI is InChI=1S/C28H27F3N2O7/c1-23(2)24(3)8-9-27(23,39-21(24)36)22(37)38-16-11-25(4)17-18(26(16,5)40-25)20(35)33(19(17)34)14-7-6-13(12-32)15(10-14)28(29,30)31/h6-7,10,16,34-35H,8-9,11H2,1-5H3/t16-,24+,25+,26?,27+/m0/s1. The van der Waals surface area contributed by atoms with Gasteiger partial charge >= 0.3 is 18.1 Å². The van der Waals surface area contributed by atoms with Crippen molar-refractivity contribution in [3.05, 3.63) is 40.5 Å². The van der Waals surface area contributed by atoms with Gasteiger partial charge in [0.1, 0.15) is 17.3 Å². The normalized spacial score (nSPS) is 35.0. The molecule has 3 aliphatic heterocycles. The van der Waals surface area contributed by atoms with Crippen molar-refractivity contribution in [1.82, 2.24) is 4.57 Å². The van der Waals surface area contributed by atoms with Gasteiger partial charge in [-0.25, -0.2) is 4.79 Å². The second kappa shape index (κ2) is 7.32. The largest absolute Gasteiger partial charge is 0.494 e. The molecule has 40 heavy (non-hydrogen) atoms. The number of hydrogen-bond donors (Lipinski definition) is 2. The third-order valence-corrected chi connectivity index (χ3v) is 10.1. The number of fused-ring (bicyclic) bond motifs is 7. The molecule has 0 spiro atoms. The molecule has 1 aromatic heterocycles. The quantitative estimate of drug-likeness (QED) is 0.518. The number of halogens is 3. The molecule has 9 nitrogen and oxygen atoms in total. The highest BCUT2D eigenvalue weighted by atomic mass is 19.4. The number of carbonyl (C=O) groups is 2. The van der Waals surface area contributed by atoms with Crippen LogP contribution in [0, 0.1) is 22.2 Å². The highest BCUT2D eigenvalue weighted by Crippen LogP contribution is 2.68. The van der Waals surface area contributed by atoms with E-state index in [0.29, 0.717) is 12.5 Å². The molecule has 4 aliphatic rings. The Hall–Kier alpha value is -3.72. The van der Waals surface area contributed by atoms with Crippen LogP contribution in [-0.4, -0.2) is 38.4 Å². The van der Waals surface area contributed by atoms with E-state index in [2.05, 4.69) is 0 Å². The van der Waals surface area contributed by atoms with E-state index in [-0.39, 0.29) is 29.7 Å². The Balaban J connectivity index is 1.40. The van der Waals surface area contributed by atoms with Crippen molar-refractivity contribution in [2.75, 3.05) is 0 Å². The van der Waals surface area contributed by atoms with Gasteiger partial charge in [-0.2, -0.15) is 18.4 Å². The minimum atomic E-state index is -4.85. The lowest BCUT2D eigenvalue weighted by atomic mass is 9.66. The summed E-state index contributed by atoms with van der Waals surface area (Å²) >= 11 is 0. The van der Waals surface area contributed by atoms with Crippen molar-refractivity contribution in [2.45, 2.75) is 83.0 Å². The van der Waals surface area contributed by atoms with Gasteiger partial charge in [0.2, 0.25) is 17.4 Å². The number of esters is 2. The lowest BCUT2D eigenvalue weighted by molar-refractivity contribution is -0.193. The second-order valence-electron chi connectivity index (χ2n) is 12.3. The Bertz CT molecular complexity index is 1570. The van der Waals surface area contributed by atoms with Gasteiger partial charge in [0.05, 0.1) is 39.4 Å². The molecule has 0 amide bonds. The van der Waals surface area contributed by atoms with Gasteiger partial charge in [-0.3, -0.25) is 9.36 Å². The lowest BCUT2D eigenvalue weighted by Gasteiger charge is -2.37. The maximum Gasteiger partial charge on any atom is 0.417 e. The van der Waals surface area contributed by atoms with Gasteiger partial charge in [-0.15, -0.1) is 0 Å². The molecule has 1 aromatic carbocycles. The van der Waals surface area contributed by atoms with Crippen LogP contribution in [0.5, 0.6) is 11.8 Å². The van der Waals surface area contributed by atoms with Gasteiger partial charge < -0.3 is 24.4 Å².